The molecule has 0 aliphatic heterocycles. The van der Waals surface area contributed by atoms with Crippen LogP contribution in [0, 0.1) is 13.8 Å². The average Bonchev–Trinajstić information content (AvgIpc) is 2.30. The van der Waals surface area contributed by atoms with Crippen LogP contribution in [0.3, 0.4) is 0 Å². The smallest absolute Gasteiger partial charge is 0.122 e. The summed E-state index contributed by atoms with van der Waals surface area (Å²) in [4.78, 5) is 0. The lowest BCUT2D eigenvalue weighted by atomic mass is 9.88. The van der Waals surface area contributed by atoms with Gasteiger partial charge in [-0.3, -0.25) is 0 Å². The lowest BCUT2D eigenvalue weighted by Gasteiger charge is -2.19. The molecule has 88 valence electrons. The Hall–Kier alpha value is -1.24. The van der Waals surface area contributed by atoms with Gasteiger partial charge in [0, 0.05) is 0 Å². The fourth-order valence-corrected chi connectivity index (χ4v) is 2.19. The van der Waals surface area contributed by atoms with Crippen LogP contribution in [-0.4, -0.2) is 7.11 Å². The second kappa shape index (κ2) is 5.74. The van der Waals surface area contributed by atoms with Crippen LogP contribution in [0.15, 0.2) is 24.8 Å². The van der Waals surface area contributed by atoms with E-state index >= 15 is 0 Å². The van der Waals surface area contributed by atoms with Gasteiger partial charge < -0.3 is 4.74 Å². The quantitative estimate of drug-likeness (QED) is 0.666. The van der Waals surface area contributed by atoms with Crippen molar-refractivity contribution >= 4 is 0 Å². The van der Waals surface area contributed by atoms with E-state index in [1.165, 1.54) is 16.7 Å². The Kier molecular flexibility index (Phi) is 4.60. The molecule has 1 aromatic rings. The van der Waals surface area contributed by atoms with Crippen molar-refractivity contribution in [3.63, 3.8) is 0 Å². The van der Waals surface area contributed by atoms with Gasteiger partial charge in [-0.25, -0.2) is 0 Å². The van der Waals surface area contributed by atoms with Gasteiger partial charge in [-0.2, -0.15) is 0 Å². The molecule has 1 rings (SSSR count). The Morgan fingerprint density at radius 2 is 2.00 bits per heavy atom. The van der Waals surface area contributed by atoms with Crippen molar-refractivity contribution in [1.82, 2.24) is 0 Å². The first-order chi connectivity index (χ1) is 7.65. The van der Waals surface area contributed by atoms with Gasteiger partial charge in [-0.1, -0.05) is 19.1 Å². The van der Waals surface area contributed by atoms with Crippen molar-refractivity contribution in [2.45, 2.75) is 39.5 Å². The largest absolute Gasteiger partial charge is 0.496 e. The Morgan fingerprint density at radius 3 is 2.50 bits per heavy atom. The SMILES string of the molecule is C=CCC(CC)c1ccc(OC)c(C)c1C. The van der Waals surface area contributed by atoms with Crippen LogP contribution in [0.25, 0.3) is 0 Å². The van der Waals surface area contributed by atoms with Gasteiger partial charge in [0.1, 0.15) is 5.75 Å². The van der Waals surface area contributed by atoms with Crippen molar-refractivity contribution in [2.75, 3.05) is 7.11 Å². The summed E-state index contributed by atoms with van der Waals surface area (Å²) < 4.78 is 5.33. The molecule has 0 saturated heterocycles. The van der Waals surface area contributed by atoms with Crippen molar-refractivity contribution in [2.24, 2.45) is 0 Å². The van der Waals surface area contributed by atoms with E-state index in [4.69, 9.17) is 4.74 Å². The van der Waals surface area contributed by atoms with Crippen LogP contribution in [0.2, 0.25) is 0 Å². The topological polar surface area (TPSA) is 9.23 Å². The summed E-state index contributed by atoms with van der Waals surface area (Å²) in [6.07, 6.45) is 4.20. The number of ether oxygens (including phenoxy) is 1. The minimum atomic E-state index is 0.585. The maximum absolute atomic E-state index is 5.33. The number of methoxy groups -OCH3 is 1. The first-order valence-corrected chi connectivity index (χ1v) is 5.90. The summed E-state index contributed by atoms with van der Waals surface area (Å²) in [5, 5.41) is 0. The molecule has 0 aromatic heterocycles. The van der Waals surface area contributed by atoms with Crippen LogP contribution in [-0.2, 0) is 0 Å². The average molecular weight is 218 g/mol. The summed E-state index contributed by atoms with van der Waals surface area (Å²) in [5.41, 5.74) is 4.04. The zero-order valence-electron chi connectivity index (χ0n) is 10.8. The summed E-state index contributed by atoms with van der Waals surface area (Å²) in [6, 6.07) is 4.27. The zero-order valence-corrected chi connectivity index (χ0v) is 10.8. The molecule has 0 amide bonds. The minimum Gasteiger partial charge on any atom is -0.496 e. The summed E-state index contributed by atoms with van der Waals surface area (Å²) >= 11 is 0. The van der Waals surface area contributed by atoms with E-state index in [1.807, 2.05) is 6.08 Å². The highest BCUT2D eigenvalue weighted by Gasteiger charge is 2.13. The number of rotatable bonds is 5. The molecule has 0 radical (unpaired) electrons. The zero-order chi connectivity index (χ0) is 12.1. The number of hydrogen-bond acceptors (Lipinski definition) is 1. The van der Waals surface area contributed by atoms with Crippen LogP contribution >= 0.6 is 0 Å². The van der Waals surface area contributed by atoms with Crippen LogP contribution < -0.4 is 4.74 Å². The molecule has 0 fully saturated rings. The van der Waals surface area contributed by atoms with E-state index in [-0.39, 0.29) is 0 Å². The van der Waals surface area contributed by atoms with Gasteiger partial charge in [0.05, 0.1) is 7.11 Å². The second-order valence-corrected chi connectivity index (χ2v) is 4.24. The second-order valence-electron chi connectivity index (χ2n) is 4.24. The third kappa shape index (κ3) is 2.46. The maximum Gasteiger partial charge on any atom is 0.122 e. The Labute approximate surface area is 99.1 Å². The first kappa shape index (κ1) is 12.8. The molecule has 16 heavy (non-hydrogen) atoms. The highest BCUT2D eigenvalue weighted by atomic mass is 16.5. The molecule has 0 aliphatic carbocycles. The Morgan fingerprint density at radius 1 is 1.31 bits per heavy atom. The van der Waals surface area contributed by atoms with E-state index in [0.29, 0.717) is 5.92 Å². The fraction of sp³-hybridized carbons (Fsp3) is 0.467. The third-order valence-electron chi connectivity index (χ3n) is 3.38. The molecular formula is C15H22O. The molecule has 1 unspecified atom stereocenters. The van der Waals surface area contributed by atoms with E-state index in [0.717, 1.165) is 18.6 Å². The van der Waals surface area contributed by atoms with E-state index < -0.39 is 0 Å². The summed E-state index contributed by atoms with van der Waals surface area (Å²) in [7, 11) is 1.72. The van der Waals surface area contributed by atoms with Gasteiger partial charge in [0.15, 0.2) is 0 Å². The maximum atomic E-state index is 5.33. The van der Waals surface area contributed by atoms with Gasteiger partial charge in [0.2, 0.25) is 0 Å². The number of allylic oxidation sites excluding steroid dienone is 1. The summed E-state index contributed by atoms with van der Waals surface area (Å²) in [5.74, 6) is 1.57. The Bertz CT molecular complexity index is 366. The van der Waals surface area contributed by atoms with Crippen LogP contribution in [0.5, 0.6) is 5.75 Å². The fourth-order valence-electron chi connectivity index (χ4n) is 2.19. The van der Waals surface area contributed by atoms with Gasteiger partial charge >= 0.3 is 0 Å². The van der Waals surface area contributed by atoms with Crippen molar-refractivity contribution < 1.29 is 4.74 Å². The third-order valence-corrected chi connectivity index (χ3v) is 3.38. The highest BCUT2D eigenvalue weighted by molar-refractivity contribution is 5.45. The predicted octanol–water partition coefficient (Wildman–Crippen LogP) is 4.38. The van der Waals surface area contributed by atoms with E-state index in [1.54, 1.807) is 7.11 Å². The van der Waals surface area contributed by atoms with Crippen molar-refractivity contribution in [3.8, 4) is 5.75 Å². The molecule has 0 aliphatic rings. The van der Waals surface area contributed by atoms with Crippen LogP contribution in [0.1, 0.15) is 42.4 Å². The molecule has 1 aromatic carbocycles. The van der Waals surface area contributed by atoms with Crippen LogP contribution in [0.4, 0.5) is 0 Å². The van der Waals surface area contributed by atoms with E-state index in [9.17, 15) is 0 Å². The van der Waals surface area contributed by atoms with Crippen molar-refractivity contribution in [1.29, 1.82) is 0 Å². The minimum absolute atomic E-state index is 0.585. The monoisotopic (exact) mass is 218 g/mol. The lowest BCUT2D eigenvalue weighted by molar-refractivity contribution is 0.411. The first-order valence-electron chi connectivity index (χ1n) is 5.90. The molecule has 1 nitrogen and oxygen atoms in total. The van der Waals surface area contributed by atoms with Crippen molar-refractivity contribution in [3.05, 3.63) is 41.5 Å². The standard InChI is InChI=1S/C15H22O/c1-6-8-13(7-2)14-9-10-15(16-5)12(4)11(14)3/h6,9-10,13H,1,7-8H2,2-5H3. The Balaban J connectivity index is 3.14. The highest BCUT2D eigenvalue weighted by Crippen LogP contribution is 2.32. The molecule has 0 bridgehead atoms. The van der Waals surface area contributed by atoms with E-state index in [2.05, 4.69) is 39.5 Å². The number of hydrogen-bond donors (Lipinski definition) is 0. The summed E-state index contributed by atoms with van der Waals surface area (Å²) in [6.45, 7) is 10.4. The molecule has 0 heterocycles. The molecule has 0 N–H and O–H groups in total. The number of benzene rings is 1. The predicted molar refractivity (Wildman–Crippen MR) is 70.3 cm³/mol. The van der Waals surface area contributed by atoms with Gasteiger partial charge in [-0.15, -0.1) is 6.58 Å². The molecule has 1 heteroatoms. The molecule has 1 atom stereocenters. The normalized spacial score (nSPS) is 12.2. The van der Waals surface area contributed by atoms with Gasteiger partial charge in [0.25, 0.3) is 0 Å². The molecule has 0 spiro atoms. The lowest BCUT2D eigenvalue weighted by Crippen LogP contribution is -2.01. The molecular weight excluding hydrogens is 196 g/mol. The molecule has 0 saturated carbocycles. The van der Waals surface area contributed by atoms with Gasteiger partial charge in [-0.05, 0) is 55.4 Å².